The van der Waals surface area contributed by atoms with E-state index >= 15 is 0 Å². The van der Waals surface area contributed by atoms with Gasteiger partial charge in [0.05, 0.1) is 0 Å². The molecule has 5 rings (SSSR count). The van der Waals surface area contributed by atoms with Crippen LogP contribution in [0.1, 0.15) is 44.1 Å². The third-order valence-corrected chi connectivity index (χ3v) is 6.69. The number of amides is 1. The molecule has 4 aliphatic carbocycles. The molecule has 1 atom stereocenters. The van der Waals surface area contributed by atoms with Gasteiger partial charge in [-0.1, -0.05) is 23.7 Å². The zero-order valence-electron chi connectivity index (χ0n) is 14.2. The molecule has 0 saturated heterocycles. The van der Waals surface area contributed by atoms with Crippen LogP contribution >= 0.6 is 11.6 Å². The molecule has 25 heavy (non-hydrogen) atoms. The van der Waals surface area contributed by atoms with Gasteiger partial charge in [0.25, 0.3) is 0 Å². The number of carbonyl (C=O) groups excluding carboxylic acids is 1. The maximum absolute atomic E-state index is 13.1. The van der Waals surface area contributed by atoms with Gasteiger partial charge in [-0.2, -0.15) is 0 Å². The van der Waals surface area contributed by atoms with Crippen molar-refractivity contribution >= 4 is 23.5 Å². The number of carboxylic acids is 1. The van der Waals surface area contributed by atoms with E-state index < -0.39 is 12.0 Å². The summed E-state index contributed by atoms with van der Waals surface area (Å²) in [5.41, 5.74) is 0.502. The predicted octanol–water partition coefficient (Wildman–Crippen LogP) is 3.67. The fourth-order valence-electron chi connectivity index (χ4n) is 5.80. The molecule has 0 unspecified atom stereocenters. The van der Waals surface area contributed by atoms with Gasteiger partial charge in [-0.3, -0.25) is 4.79 Å². The molecular formula is C20H24ClNO3. The quantitative estimate of drug-likeness (QED) is 0.840. The molecular weight excluding hydrogens is 338 g/mol. The number of benzene rings is 1. The van der Waals surface area contributed by atoms with Crippen LogP contribution in [0.4, 0.5) is 0 Å². The maximum atomic E-state index is 13.1. The molecule has 5 heteroatoms. The Kier molecular flexibility index (Phi) is 4.27. The van der Waals surface area contributed by atoms with Crippen LogP contribution in [0.15, 0.2) is 24.3 Å². The second-order valence-electron chi connectivity index (χ2n) is 8.40. The highest BCUT2D eigenvalue weighted by atomic mass is 35.5. The van der Waals surface area contributed by atoms with Crippen molar-refractivity contribution in [3.05, 3.63) is 34.9 Å². The van der Waals surface area contributed by atoms with Crippen LogP contribution < -0.4 is 5.32 Å². The zero-order chi connectivity index (χ0) is 17.6. The van der Waals surface area contributed by atoms with Crippen LogP contribution in [-0.2, 0) is 16.0 Å². The lowest BCUT2D eigenvalue weighted by Gasteiger charge is -2.55. The molecule has 0 aromatic heterocycles. The van der Waals surface area contributed by atoms with E-state index in [-0.39, 0.29) is 17.7 Å². The number of hydrogen-bond donors (Lipinski definition) is 2. The number of carboxylic acid groups (broad SMARTS) is 1. The molecule has 4 fully saturated rings. The fraction of sp³-hybridized carbons (Fsp3) is 0.600. The Morgan fingerprint density at radius 2 is 1.76 bits per heavy atom. The van der Waals surface area contributed by atoms with Gasteiger partial charge in [-0.05, 0) is 74.0 Å². The van der Waals surface area contributed by atoms with Gasteiger partial charge < -0.3 is 10.4 Å². The summed E-state index contributed by atoms with van der Waals surface area (Å²) in [4.78, 5) is 24.8. The molecule has 4 aliphatic rings. The van der Waals surface area contributed by atoms with Crippen molar-refractivity contribution in [3.63, 3.8) is 0 Å². The highest BCUT2D eigenvalue weighted by Crippen LogP contribution is 2.60. The van der Waals surface area contributed by atoms with E-state index in [2.05, 4.69) is 5.32 Å². The van der Waals surface area contributed by atoms with E-state index in [0.717, 1.165) is 24.8 Å². The molecule has 4 saturated carbocycles. The highest BCUT2D eigenvalue weighted by Gasteiger charge is 2.54. The van der Waals surface area contributed by atoms with Crippen molar-refractivity contribution in [2.75, 3.05) is 0 Å². The summed E-state index contributed by atoms with van der Waals surface area (Å²) in [5.74, 6) is 0.953. The monoisotopic (exact) mass is 361 g/mol. The SMILES string of the molecule is O=C(O)[C@@H](Cc1cccc(Cl)c1)NC(=O)C12CC3CC(CC(C3)C1)C2. The van der Waals surface area contributed by atoms with E-state index in [1.54, 1.807) is 18.2 Å². The van der Waals surface area contributed by atoms with Crippen LogP contribution in [0.5, 0.6) is 0 Å². The molecule has 134 valence electrons. The Morgan fingerprint density at radius 1 is 1.16 bits per heavy atom. The molecule has 4 bridgehead atoms. The normalized spacial score (nSPS) is 33.9. The van der Waals surface area contributed by atoms with Crippen molar-refractivity contribution in [1.82, 2.24) is 5.32 Å². The standard InChI is InChI=1S/C20H24ClNO3/c21-16-3-1-2-12(7-16)8-17(18(23)24)22-19(25)20-9-13-4-14(10-20)6-15(5-13)11-20/h1-3,7,13-15,17H,4-6,8-11H2,(H,22,25)(H,23,24)/t13?,14?,15?,17-,20?/m1/s1. The third-order valence-electron chi connectivity index (χ3n) is 6.45. The summed E-state index contributed by atoms with van der Waals surface area (Å²) in [6, 6.07) is 6.26. The number of nitrogens with one attached hydrogen (secondary N) is 1. The van der Waals surface area contributed by atoms with Gasteiger partial charge in [-0.15, -0.1) is 0 Å². The Labute approximate surface area is 152 Å². The number of hydrogen-bond acceptors (Lipinski definition) is 2. The van der Waals surface area contributed by atoms with Gasteiger partial charge in [0.1, 0.15) is 6.04 Å². The first-order chi connectivity index (χ1) is 11.9. The van der Waals surface area contributed by atoms with Crippen LogP contribution in [0.2, 0.25) is 5.02 Å². The summed E-state index contributed by atoms with van der Waals surface area (Å²) in [7, 11) is 0. The first-order valence-electron chi connectivity index (χ1n) is 9.22. The van der Waals surface area contributed by atoms with Gasteiger partial charge >= 0.3 is 5.97 Å². The second-order valence-corrected chi connectivity index (χ2v) is 8.83. The Morgan fingerprint density at radius 3 is 2.28 bits per heavy atom. The molecule has 0 spiro atoms. The van der Waals surface area contributed by atoms with Gasteiger partial charge in [0, 0.05) is 16.9 Å². The average molecular weight is 362 g/mol. The summed E-state index contributed by atoms with van der Waals surface area (Å²) >= 11 is 5.99. The van der Waals surface area contributed by atoms with E-state index in [1.165, 1.54) is 19.3 Å². The lowest BCUT2D eigenvalue weighted by atomic mass is 9.49. The van der Waals surface area contributed by atoms with Crippen molar-refractivity contribution in [2.24, 2.45) is 23.2 Å². The fourth-order valence-corrected chi connectivity index (χ4v) is 6.01. The summed E-state index contributed by atoms with van der Waals surface area (Å²) in [6.07, 6.45) is 6.86. The van der Waals surface area contributed by atoms with Crippen molar-refractivity contribution in [2.45, 2.75) is 51.0 Å². The Balaban J connectivity index is 1.49. The minimum Gasteiger partial charge on any atom is -0.480 e. The lowest BCUT2D eigenvalue weighted by molar-refractivity contribution is -0.151. The first kappa shape index (κ1) is 16.9. The Hall–Kier alpha value is -1.55. The number of carbonyl (C=O) groups is 2. The van der Waals surface area contributed by atoms with E-state index in [9.17, 15) is 14.7 Å². The van der Waals surface area contributed by atoms with Gasteiger partial charge in [0.15, 0.2) is 0 Å². The van der Waals surface area contributed by atoms with Crippen LogP contribution in [0, 0.1) is 23.2 Å². The minimum atomic E-state index is -0.988. The molecule has 2 N–H and O–H groups in total. The van der Waals surface area contributed by atoms with Crippen LogP contribution in [-0.4, -0.2) is 23.0 Å². The Bertz CT molecular complexity index is 667. The van der Waals surface area contributed by atoms with Gasteiger partial charge in [-0.25, -0.2) is 4.79 Å². The number of aliphatic carboxylic acids is 1. The van der Waals surface area contributed by atoms with Gasteiger partial charge in [0.2, 0.25) is 5.91 Å². The van der Waals surface area contributed by atoms with E-state index in [0.29, 0.717) is 22.8 Å². The van der Waals surface area contributed by atoms with Crippen molar-refractivity contribution in [1.29, 1.82) is 0 Å². The predicted molar refractivity (Wildman–Crippen MR) is 95.3 cm³/mol. The molecule has 0 radical (unpaired) electrons. The second kappa shape index (κ2) is 6.31. The summed E-state index contributed by atoms with van der Waals surface area (Å²) < 4.78 is 0. The minimum absolute atomic E-state index is 0.0407. The highest BCUT2D eigenvalue weighted by molar-refractivity contribution is 6.30. The lowest BCUT2D eigenvalue weighted by Crippen LogP contribution is -2.56. The van der Waals surface area contributed by atoms with Crippen molar-refractivity contribution < 1.29 is 14.7 Å². The van der Waals surface area contributed by atoms with E-state index in [4.69, 9.17) is 11.6 Å². The number of halogens is 1. The molecule has 4 nitrogen and oxygen atoms in total. The molecule has 1 aromatic carbocycles. The molecule has 1 amide bonds. The topological polar surface area (TPSA) is 66.4 Å². The van der Waals surface area contributed by atoms with E-state index in [1.807, 2.05) is 6.07 Å². The van der Waals surface area contributed by atoms with Crippen molar-refractivity contribution in [3.8, 4) is 0 Å². The maximum Gasteiger partial charge on any atom is 0.326 e. The zero-order valence-corrected chi connectivity index (χ0v) is 15.0. The van der Waals surface area contributed by atoms with Crippen LogP contribution in [0.25, 0.3) is 0 Å². The first-order valence-corrected chi connectivity index (χ1v) is 9.59. The molecule has 0 heterocycles. The van der Waals surface area contributed by atoms with Crippen LogP contribution in [0.3, 0.4) is 0 Å². The number of rotatable bonds is 5. The largest absolute Gasteiger partial charge is 0.480 e. The summed E-state index contributed by atoms with van der Waals surface area (Å²) in [6.45, 7) is 0. The average Bonchev–Trinajstić information content (AvgIpc) is 2.52. The smallest absolute Gasteiger partial charge is 0.326 e. The summed E-state index contributed by atoms with van der Waals surface area (Å²) in [5, 5.41) is 13.0. The molecule has 0 aliphatic heterocycles. The molecule has 1 aromatic rings. The third kappa shape index (κ3) is 3.29.